The molecule has 0 aliphatic rings. The highest BCUT2D eigenvalue weighted by molar-refractivity contribution is 5.66. The van der Waals surface area contributed by atoms with Crippen LogP contribution in [0.2, 0.25) is 0 Å². The Balaban J connectivity index is 3.62. The maximum atomic E-state index is 11.3. The summed E-state index contributed by atoms with van der Waals surface area (Å²) in [5.41, 5.74) is -0.852. The van der Waals surface area contributed by atoms with E-state index in [9.17, 15) is 4.79 Å². The van der Waals surface area contributed by atoms with E-state index in [2.05, 4.69) is 5.11 Å². The van der Waals surface area contributed by atoms with Crippen LogP contribution < -0.4 is 0 Å². The van der Waals surface area contributed by atoms with Crippen LogP contribution in [-0.4, -0.2) is 11.1 Å². The third-order valence-corrected chi connectivity index (χ3v) is 0.910. The first-order chi connectivity index (χ1) is 10.2. The van der Waals surface area contributed by atoms with Gasteiger partial charge in [0.2, 0.25) is 0 Å². The Morgan fingerprint density at radius 2 is 2.58 bits per heavy atom. The van der Waals surface area contributed by atoms with Crippen LogP contribution in [0.3, 0.4) is 0 Å². The first-order valence-corrected chi connectivity index (χ1v) is 2.99. The second-order valence-corrected chi connectivity index (χ2v) is 1.74. The second-order valence-electron chi connectivity index (χ2n) is 1.74. The minimum Gasteiger partial charge on any atom is -0.481 e. The third kappa shape index (κ3) is 3.19. The molecule has 0 saturated heterocycles. The van der Waals surface area contributed by atoms with E-state index in [0.29, 0.717) is 6.07 Å². The molecule has 1 N–H and O–H groups in total. The number of carboxylic acids is 1. The van der Waals surface area contributed by atoms with Crippen molar-refractivity contribution in [3.8, 4) is 0 Å². The molecular formula is C10H12O2. The van der Waals surface area contributed by atoms with Gasteiger partial charge in [-0.1, -0.05) is 30.2 Å². The standard InChI is InChI=1S/C10H12O2/c11-10(12)8-4-7-9-5-2-1-3-6-9/h1-3,5-6H,4,7-8H2,(H,11,12)/i1D,2D,3D,4D2,5D,7D2,8D2/hD. The van der Waals surface area contributed by atoms with Crippen LogP contribution in [0.15, 0.2) is 30.2 Å². The van der Waals surface area contributed by atoms with Crippen molar-refractivity contribution in [1.82, 2.24) is 0 Å². The van der Waals surface area contributed by atoms with Gasteiger partial charge < -0.3 is 5.11 Å². The third-order valence-electron chi connectivity index (χ3n) is 0.910. The number of benzene rings is 1. The van der Waals surface area contributed by atoms with Gasteiger partial charge in [-0.3, -0.25) is 4.79 Å². The Hall–Kier alpha value is -1.31. The predicted molar refractivity (Wildman–Crippen MR) is 47.0 cm³/mol. The first-order valence-electron chi connectivity index (χ1n) is 8.39. The SMILES string of the molecule is [2H]OC(=O)C([2H])([2H])C([2H])([2H])C([2H])([2H])c1cc([2H])c([2H])c([2H])c1[2H]. The summed E-state index contributed by atoms with van der Waals surface area (Å²) >= 11 is 0. The van der Waals surface area contributed by atoms with Crippen LogP contribution in [-0.2, 0) is 11.2 Å². The lowest BCUT2D eigenvalue weighted by atomic mass is 10.1. The van der Waals surface area contributed by atoms with Crippen molar-refractivity contribution in [3.63, 3.8) is 0 Å². The molecule has 1 aromatic rings. The molecule has 0 fully saturated rings. The van der Waals surface area contributed by atoms with Crippen molar-refractivity contribution >= 4 is 5.97 Å². The summed E-state index contributed by atoms with van der Waals surface area (Å²) in [5.74, 6) is -1.97. The summed E-state index contributed by atoms with van der Waals surface area (Å²) in [7, 11) is 0. The second kappa shape index (κ2) is 4.54. The number of hydrogen-bond acceptors (Lipinski definition) is 2. The van der Waals surface area contributed by atoms with Crippen molar-refractivity contribution in [2.75, 3.05) is 0 Å². The molecular weight excluding hydrogens is 152 g/mol. The normalized spacial score (nSPS) is 26.2. The monoisotopic (exact) mass is 175 g/mol. The zero-order valence-corrected chi connectivity index (χ0v) is 5.89. The first kappa shape index (κ1) is 2.13. The van der Waals surface area contributed by atoms with E-state index < -0.39 is 54.8 Å². The van der Waals surface area contributed by atoms with Gasteiger partial charge in [0.15, 0.2) is 0 Å². The maximum absolute atomic E-state index is 11.3. The topological polar surface area (TPSA) is 37.3 Å². The molecule has 0 amide bonds. The zero-order chi connectivity index (χ0) is 18.4. The van der Waals surface area contributed by atoms with Crippen LogP contribution >= 0.6 is 0 Å². The molecule has 0 aromatic heterocycles. The molecule has 2 nitrogen and oxygen atoms in total. The Morgan fingerprint density at radius 1 is 1.67 bits per heavy atom. The van der Waals surface area contributed by atoms with E-state index >= 15 is 0 Å². The molecule has 0 aliphatic carbocycles. The molecule has 0 radical (unpaired) electrons. The fourth-order valence-corrected chi connectivity index (χ4v) is 0.496. The number of rotatable bonds is 4. The summed E-state index contributed by atoms with van der Waals surface area (Å²) in [6.45, 7) is 0. The maximum Gasteiger partial charge on any atom is 0.303 e. The Morgan fingerprint density at radius 3 is 3.42 bits per heavy atom. The molecule has 0 unspecified atom stereocenters. The highest BCUT2D eigenvalue weighted by atomic mass is 16.4. The van der Waals surface area contributed by atoms with Gasteiger partial charge in [0.05, 0.1) is 5.48 Å². The molecule has 0 heterocycles. The number of aryl methyl sites for hydroxylation is 1. The molecule has 0 spiro atoms. The van der Waals surface area contributed by atoms with Crippen LogP contribution in [0.5, 0.6) is 0 Å². The predicted octanol–water partition coefficient (Wildman–Crippen LogP) is 2.09. The lowest BCUT2D eigenvalue weighted by Gasteiger charge is -1.97. The Bertz CT molecular complexity index is 640. The van der Waals surface area contributed by atoms with Gasteiger partial charge in [0.1, 0.15) is 0 Å². The van der Waals surface area contributed by atoms with Gasteiger partial charge in [0, 0.05) is 14.6 Å². The minimum atomic E-state index is -3.59. The summed E-state index contributed by atoms with van der Waals surface area (Å²) in [5, 5.41) is 3.41. The van der Waals surface area contributed by atoms with Gasteiger partial charge in [-0.25, -0.2) is 0 Å². The number of hydrogen-bond donors (Lipinski definition) is 1. The van der Waals surface area contributed by atoms with E-state index in [4.69, 9.17) is 15.1 Å². The molecule has 64 valence electrons. The van der Waals surface area contributed by atoms with Crippen molar-refractivity contribution in [2.45, 2.75) is 19.1 Å². The van der Waals surface area contributed by atoms with Gasteiger partial charge in [0.25, 0.3) is 1.43 Å². The Labute approximate surface area is 87.4 Å². The van der Waals surface area contributed by atoms with Gasteiger partial charge in [-0.2, -0.15) is 0 Å². The van der Waals surface area contributed by atoms with Crippen molar-refractivity contribution in [2.24, 2.45) is 0 Å². The quantitative estimate of drug-likeness (QED) is 0.760. The van der Waals surface area contributed by atoms with E-state index in [1.807, 2.05) is 0 Å². The van der Waals surface area contributed by atoms with Crippen LogP contribution in [0.4, 0.5) is 0 Å². The van der Waals surface area contributed by atoms with E-state index in [0.717, 1.165) is 0 Å². The average molecular weight is 175 g/mol. The number of carbonyl (C=O) groups is 1. The number of carboxylic acid groups (broad SMARTS) is 1. The molecule has 0 atom stereocenters. The van der Waals surface area contributed by atoms with Crippen LogP contribution in [0.1, 0.15) is 32.0 Å². The van der Waals surface area contributed by atoms with E-state index in [1.54, 1.807) is 0 Å². The molecule has 0 bridgehead atoms. The van der Waals surface area contributed by atoms with Crippen LogP contribution in [0.25, 0.3) is 1.43 Å². The lowest BCUT2D eigenvalue weighted by molar-refractivity contribution is -0.137. The molecule has 2 heteroatoms. The van der Waals surface area contributed by atoms with E-state index in [-0.39, 0.29) is 0 Å². The van der Waals surface area contributed by atoms with Crippen molar-refractivity contribution < 1.29 is 23.6 Å². The average Bonchev–Trinajstić information content (AvgIpc) is 2.47. The molecule has 12 heavy (non-hydrogen) atoms. The van der Waals surface area contributed by atoms with Crippen molar-refractivity contribution in [1.29, 1.82) is 1.43 Å². The number of aliphatic carboxylic acids is 1. The summed E-state index contributed by atoms with van der Waals surface area (Å²) in [6.07, 6.45) is -10.5. The summed E-state index contributed by atoms with van der Waals surface area (Å²) in [6, 6.07) is -2.39. The highest BCUT2D eigenvalue weighted by Crippen LogP contribution is 2.03. The van der Waals surface area contributed by atoms with Gasteiger partial charge in [-0.05, 0) is 18.3 Å². The van der Waals surface area contributed by atoms with E-state index in [1.165, 1.54) is 0 Å². The van der Waals surface area contributed by atoms with Gasteiger partial charge >= 0.3 is 5.97 Å². The molecule has 0 aliphatic heterocycles. The van der Waals surface area contributed by atoms with Gasteiger partial charge in [-0.15, -0.1) is 0 Å². The molecule has 1 aromatic carbocycles. The Kier molecular flexibility index (Phi) is 0.808. The van der Waals surface area contributed by atoms with Crippen molar-refractivity contribution in [3.05, 3.63) is 35.8 Å². The molecule has 1 rings (SSSR count). The smallest absolute Gasteiger partial charge is 0.303 e. The van der Waals surface area contributed by atoms with Crippen LogP contribution in [0, 0.1) is 0 Å². The largest absolute Gasteiger partial charge is 0.481 e. The highest BCUT2D eigenvalue weighted by Gasteiger charge is 1.96. The zero-order valence-electron chi connectivity index (χ0n) is 16.9. The lowest BCUT2D eigenvalue weighted by Crippen LogP contribution is -1.95. The minimum absolute atomic E-state index is 0.642. The fraction of sp³-hybridized carbons (Fsp3) is 0.300. The summed E-state index contributed by atoms with van der Waals surface area (Å²) in [4.78, 5) is 11.3. The fourth-order valence-electron chi connectivity index (χ4n) is 0.496. The molecule has 0 saturated carbocycles. The summed E-state index contributed by atoms with van der Waals surface area (Å²) < 4.78 is 82.2.